The highest BCUT2D eigenvalue weighted by Gasteiger charge is 2.16. The first-order valence-electron chi connectivity index (χ1n) is 7.19. The lowest BCUT2D eigenvalue weighted by Crippen LogP contribution is -2.30. The van der Waals surface area contributed by atoms with E-state index in [2.05, 4.69) is 32.9 Å². The number of halogens is 1. The van der Waals surface area contributed by atoms with Crippen molar-refractivity contribution in [1.29, 1.82) is 0 Å². The summed E-state index contributed by atoms with van der Waals surface area (Å²) in [5.74, 6) is -0.218. The molecule has 1 atom stereocenters. The molecule has 2 aromatic rings. The number of hydrogen-bond donors (Lipinski definition) is 1. The summed E-state index contributed by atoms with van der Waals surface area (Å²) in [6.07, 6.45) is 0. The van der Waals surface area contributed by atoms with Crippen LogP contribution in [0.5, 0.6) is 0 Å². The number of hydrogen-bond acceptors (Lipinski definition) is 2. The number of nitrogens with two attached hydrogens (primary N) is 1. The molecule has 0 bridgehead atoms. The van der Waals surface area contributed by atoms with Gasteiger partial charge in [-0.15, -0.1) is 0 Å². The summed E-state index contributed by atoms with van der Waals surface area (Å²) >= 11 is 0. The lowest BCUT2D eigenvalue weighted by molar-refractivity contribution is 0.613. The van der Waals surface area contributed by atoms with Crippen LogP contribution in [-0.4, -0.2) is 13.6 Å². The van der Waals surface area contributed by atoms with E-state index in [-0.39, 0.29) is 11.9 Å². The zero-order valence-electron chi connectivity index (χ0n) is 13.2. The molecule has 0 aliphatic carbocycles. The second-order valence-electron chi connectivity index (χ2n) is 5.75. The predicted molar refractivity (Wildman–Crippen MR) is 87.3 cm³/mol. The third kappa shape index (κ3) is 3.42. The van der Waals surface area contributed by atoms with E-state index >= 15 is 0 Å². The largest absolute Gasteiger partial charge is 0.370 e. The van der Waals surface area contributed by atoms with Crippen LogP contribution in [0.4, 0.5) is 10.1 Å². The average Bonchev–Trinajstić information content (AvgIpc) is 2.37. The third-order valence-electron chi connectivity index (χ3n) is 3.84. The van der Waals surface area contributed by atoms with Crippen molar-refractivity contribution in [2.24, 2.45) is 5.73 Å². The molecule has 21 heavy (non-hydrogen) atoms. The van der Waals surface area contributed by atoms with Gasteiger partial charge in [0, 0.05) is 19.6 Å². The minimum absolute atomic E-state index is 0.143. The van der Waals surface area contributed by atoms with Crippen LogP contribution >= 0.6 is 0 Å². The SMILES string of the molecule is Cc1cc(C)c(C(N)CN(C)c2ccccc2F)c(C)c1. The molecule has 3 heteroatoms. The van der Waals surface area contributed by atoms with Gasteiger partial charge in [-0.05, 0) is 49.6 Å². The Hall–Kier alpha value is -1.87. The predicted octanol–water partition coefficient (Wildman–Crippen LogP) is 3.89. The minimum atomic E-state index is -0.218. The Kier molecular flexibility index (Phi) is 4.63. The Morgan fingerprint density at radius 3 is 2.24 bits per heavy atom. The first kappa shape index (κ1) is 15.5. The van der Waals surface area contributed by atoms with Crippen molar-refractivity contribution in [3.8, 4) is 0 Å². The maximum atomic E-state index is 13.8. The molecule has 2 nitrogen and oxygen atoms in total. The van der Waals surface area contributed by atoms with Gasteiger partial charge in [-0.2, -0.15) is 0 Å². The van der Waals surface area contributed by atoms with E-state index in [1.807, 2.05) is 18.0 Å². The molecule has 0 aliphatic rings. The van der Waals surface area contributed by atoms with Crippen LogP contribution in [-0.2, 0) is 0 Å². The van der Waals surface area contributed by atoms with E-state index < -0.39 is 0 Å². The van der Waals surface area contributed by atoms with Crippen molar-refractivity contribution in [3.05, 3.63) is 64.5 Å². The highest BCUT2D eigenvalue weighted by atomic mass is 19.1. The number of aryl methyl sites for hydroxylation is 3. The second kappa shape index (κ2) is 6.27. The van der Waals surface area contributed by atoms with Crippen LogP contribution in [0.2, 0.25) is 0 Å². The Balaban J connectivity index is 2.22. The first-order valence-corrected chi connectivity index (χ1v) is 7.19. The van der Waals surface area contributed by atoms with Crippen molar-refractivity contribution in [3.63, 3.8) is 0 Å². The topological polar surface area (TPSA) is 29.3 Å². The van der Waals surface area contributed by atoms with Gasteiger partial charge in [-0.3, -0.25) is 0 Å². The molecule has 2 rings (SSSR count). The van der Waals surface area contributed by atoms with Crippen LogP contribution in [0.3, 0.4) is 0 Å². The monoisotopic (exact) mass is 286 g/mol. The zero-order valence-corrected chi connectivity index (χ0v) is 13.2. The standard InChI is InChI=1S/C18H23FN2/c1-12-9-13(2)18(14(3)10-12)16(20)11-21(4)17-8-6-5-7-15(17)19/h5-10,16H,11,20H2,1-4H3. The molecule has 2 N–H and O–H groups in total. The molecule has 0 fully saturated rings. The van der Waals surface area contributed by atoms with E-state index in [1.165, 1.54) is 22.8 Å². The van der Waals surface area contributed by atoms with Gasteiger partial charge in [-0.25, -0.2) is 4.39 Å². The number of benzene rings is 2. The van der Waals surface area contributed by atoms with Gasteiger partial charge >= 0.3 is 0 Å². The Morgan fingerprint density at radius 2 is 1.67 bits per heavy atom. The molecule has 1 unspecified atom stereocenters. The molecular weight excluding hydrogens is 263 g/mol. The fourth-order valence-corrected chi connectivity index (χ4v) is 3.02. The third-order valence-corrected chi connectivity index (χ3v) is 3.84. The molecule has 0 aliphatic heterocycles. The highest BCUT2D eigenvalue weighted by molar-refractivity contribution is 5.48. The molecule has 0 amide bonds. The van der Waals surface area contributed by atoms with Crippen molar-refractivity contribution >= 4 is 5.69 Å². The van der Waals surface area contributed by atoms with Crippen molar-refractivity contribution in [1.82, 2.24) is 0 Å². The van der Waals surface area contributed by atoms with Crippen LogP contribution < -0.4 is 10.6 Å². The summed E-state index contributed by atoms with van der Waals surface area (Å²) in [6.45, 7) is 6.82. The highest BCUT2D eigenvalue weighted by Crippen LogP contribution is 2.25. The fourth-order valence-electron chi connectivity index (χ4n) is 3.02. The van der Waals surface area contributed by atoms with Crippen LogP contribution in [0, 0.1) is 26.6 Å². The van der Waals surface area contributed by atoms with E-state index in [9.17, 15) is 4.39 Å². The number of para-hydroxylation sites is 1. The summed E-state index contributed by atoms with van der Waals surface area (Å²) in [5, 5.41) is 0. The Bertz CT molecular complexity index is 614. The van der Waals surface area contributed by atoms with Crippen LogP contribution in [0.1, 0.15) is 28.3 Å². The zero-order chi connectivity index (χ0) is 15.6. The number of likely N-dealkylation sites (N-methyl/N-ethyl adjacent to an activating group) is 1. The maximum absolute atomic E-state index is 13.8. The number of rotatable bonds is 4. The lowest BCUT2D eigenvalue weighted by Gasteiger charge is -2.26. The molecule has 112 valence electrons. The van der Waals surface area contributed by atoms with Crippen LogP contribution in [0.25, 0.3) is 0 Å². The molecular formula is C18H23FN2. The fraction of sp³-hybridized carbons (Fsp3) is 0.333. The summed E-state index contributed by atoms with van der Waals surface area (Å²) in [5.41, 5.74) is 11.7. The summed E-state index contributed by atoms with van der Waals surface area (Å²) in [4.78, 5) is 1.87. The Morgan fingerprint density at radius 1 is 1.10 bits per heavy atom. The van der Waals surface area contributed by atoms with Gasteiger partial charge in [-0.1, -0.05) is 29.8 Å². The summed E-state index contributed by atoms with van der Waals surface area (Å²) in [7, 11) is 1.87. The normalized spacial score (nSPS) is 12.3. The van der Waals surface area contributed by atoms with Gasteiger partial charge in [0.2, 0.25) is 0 Å². The molecule has 0 aromatic heterocycles. The first-order chi connectivity index (χ1) is 9.90. The molecule has 0 spiro atoms. The van der Waals surface area contributed by atoms with Gasteiger partial charge < -0.3 is 10.6 Å². The molecule has 0 heterocycles. The average molecular weight is 286 g/mol. The van der Waals surface area contributed by atoms with E-state index in [1.54, 1.807) is 12.1 Å². The molecule has 0 saturated heterocycles. The van der Waals surface area contributed by atoms with Gasteiger partial charge in [0.25, 0.3) is 0 Å². The molecule has 0 saturated carbocycles. The Labute approximate surface area is 126 Å². The van der Waals surface area contributed by atoms with Gasteiger partial charge in [0.1, 0.15) is 5.82 Å². The second-order valence-corrected chi connectivity index (χ2v) is 5.75. The lowest BCUT2D eigenvalue weighted by atomic mass is 9.94. The van der Waals surface area contributed by atoms with E-state index in [0.29, 0.717) is 12.2 Å². The quantitative estimate of drug-likeness (QED) is 0.924. The maximum Gasteiger partial charge on any atom is 0.146 e. The summed E-state index contributed by atoms with van der Waals surface area (Å²) in [6, 6.07) is 10.9. The van der Waals surface area contributed by atoms with E-state index in [4.69, 9.17) is 5.73 Å². The van der Waals surface area contributed by atoms with Crippen LogP contribution in [0.15, 0.2) is 36.4 Å². The van der Waals surface area contributed by atoms with Gasteiger partial charge in [0.15, 0.2) is 0 Å². The van der Waals surface area contributed by atoms with Crippen molar-refractivity contribution in [2.45, 2.75) is 26.8 Å². The number of anilines is 1. The number of nitrogens with zero attached hydrogens (tertiary/aromatic N) is 1. The smallest absolute Gasteiger partial charge is 0.146 e. The van der Waals surface area contributed by atoms with Crippen molar-refractivity contribution < 1.29 is 4.39 Å². The molecule has 2 aromatic carbocycles. The van der Waals surface area contributed by atoms with Crippen molar-refractivity contribution in [2.75, 3.05) is 18.5 Å². The van der Waals surface area contributed by atoms with E-state index in [0.717, 1.165) is 5.56 Å². The molecule has 0 radical (unpaired) electrons. The summed E-state index contributed by atoms with van der Waals surface area (Å²) < 4.78 is 13.8. The minimum Gasteiger partial charge on any atom is -0.370 e. The van der Waals surface area contributed by atoms with Gasteiger partial charge in [0.05, 0.1) is 5.69 Å².